The van der Waals surface area contributed by atoms with E-state index in [1.165, 1.54) is 12.0 Å². The normalized spacial score (nSPS) is 12.9. The van der Waals surface area contributed by atoms with Crippen LogP contribution in [0.5, 0.6) is 0 Å². The van der Waals surface area contributed by atoms with Crippen LogP contribution >= 0.6 is 0 Å². The van der Waals surface area contributed by atoms with E-state index < -0.39 is 5.54 Å². The Balaban J connectivity index is 1.48. The molecule has 0 heterocycles. The monoisotopic (exact) mass is 502 g/mol. The summed E-state index contributed by atoms with van der Waals surface area (Å²) < 4.78 is 0. The van der Waals surface area contributed by atoms with Gasteiger partial charge in [0.15, 0.2) is 0 Å². The van der Waals surface area contributed by atoms with Crippen molar-refractivity contribution in [2.24, 2.45) is 0 Å². The summed E-state index contributed by atoms with van der Waals surface area (Å²) in [4.78, 5) is 13.0. The van der Waals surface area contributed by atoms with E-state index in [0.29, 0.717) is 12.8 Å². The van der Waals surface area contributed by atoms with Crippen molar-refractivity contribution in [2.45, 2.75) is 44.2 Å². The van der Waals surface area contributed by atoms with Crippen LogP contribution in [0, 0.1) is 0 Å². The van der Waals surface area contributed by atoms with Gasteiger partial charge in [0.2, 0.25) is 5.91 Å². The van der Waals surface area contributed by atoms with Crippen molar-refractivity contribution in [1.29, 1.82) is 0 Å². The number of nitrogens with one attached hydrogen (secondary N) is 2. The van der Waals surface area contributed by atoms with Crippen LogP contribution in [0.3, 0.4) is 0 Å². The molecule has 5 rings (SSSR count). The highest BCUT2D eigenvalue weighted by atomic mass is 16.3. The fourth-order valence-corrected chi connectivity index (χ4v) is 5.15. The summed E-state index contributed by atoms with van der Waals surface area (Å²) in [5, 5.41) is 16.3. The minimum absolute atomic E-state index is 0.0111. The lowest BCUT2D eigenvalue weighted by molar-refractivity contribution is -0.116. The predicted octanol–water partition coefficient (Wildman–Crippen LogP) is 6.92. The molecule has 4 heteroatoms. The standard InChI is InChI=1S/C34H34N2O2/c37-25-26-19-21-31(22-20-26)35-33(38)24-23-32(27-11-10-12-27)36-34(28-13-4-1-5-14-28,29-15-6-2-7-16-29)30-17-8-3-9-18-30/h1-9,13-22,36-37H,10-12,23-25H2,(H,35,38). The lowest BCUT2D eigenvalue weighted by atomic mass is 9.76. The van der Waals surface area contributed by atoms with E-state index in [9.17, 15) is 9.90 Å². The van der Waals surface area contributed by atoms with Crippen molar-refractivity contribution in [3.05, 3.63) is 149 Å². The van der Waals surface area contributed by atoms with E-state index in [-0.39, 0.29) is 12.5 Å². The summed E-state index contributed by atoms with van der Waals surface area (Å²) in [5.74, 6) is -0.0225. The molecule has 1 fully saturated rings. The number of carbonyl (C=O) groups is 1. The number of aliphatic hydroxyl groups excluding tert-OH is 1. The van der Waals surface area contributed by atoms with E-state index in [1.807, 2.05) is 42.5 Å². The van der Waals surface area contributed by atoms with E-state index in [1.54, 1.807) is 0 Å². The Labute approximate surface area is 225 Å². The van der Waals surface area contributed by atoms with Gasteiger partial charge in [0.05, 0.1) is 6.61 Å². The summed E-state index contributed by atoms with van der Waals surface area (Å²) in [6.45, 7) is -0.0111. The summed E-state index contributed by atoms with van der Waals surface area (Å²) >= 11 is 0. The van der Waals surface area contributed by atoms with Crippen LogP contribution in [0.4, 0.5) is 5.69 Å². The smallest absolute Gasteiger partial charge is 0.224 e. The Kier molecular flexibility index (Phi) is 8.01. The van der Waals surface area contributed by atoms with Gasteiger partial charge in [0, 0.05) is 17.8 Å². The first kappa shape index (κ1) is 25.5. The maximum atomic E-state index is 13.0. The first-order valence-electron chi connectivity index (χ1n) is 13.3. The Morgan fingerprint density at radius 2 is 1.18 bits per heavy atom. The fourth-order valence-electron chi connectivity index (χ4n) is 5.15. The fraction of sp³-hybridized carbons (Fsp3) is 0.206. The topological polar surface area (TPSA) is 61.4 Å². The molecular weight excluding hydrogens is 468 g/mol. The number of hydrogen-bond donors (Lipinski definition) is 3. The minimum atomic E-state index is -0.599. The quantitative estimate of drug-likeness (QED) is 0.206. The van der Waals surface area contributed by atoms with Gasteiger partial charge in [0.25, 0.3) is 0 Å². The molecule has 0 atom stereocenters. The Hall–Kier alpha value is -4.15. The molecule has 1 aliphatic rings. The predicted molar refractivity (Wildman–Crippen MR) is 153 cm³/mol. The molecule has 1 amide bonds. The van der Waals surface area contributed by atoms with Gasteiger partial charge < -0.3 is 15.7 Å². The Morgan fingerprint density at radius 1 is 0.684 bits per heavy atom. The zero-order valence-electron chi connectivity index (χ0n) is 21.6. The number of hydrogen-bond acceptors (Lipinski definition) is 3. The van der Waals surface area contributed by atoms with Gasteiger partial charge in [-0.25, -0.2) is 0 Å². The molecule has 0 radical (unpaired) electrons. The minimum Gasteiger partial charge on any atom is -0.392 e. The van der Waals surface area contributed by atoms with Gasteiger partial charge in [-0.1, -0.05) is 109 Å². The number of allylic oxidation sites excluding steroid dienone is 2. The maximum absolute atomic E-state index is 13.0. The lowest BCUT2D eigenvalue weighted by Crippen LogP contribution is -2.45. The van der Waals surface area contributed by atoms with Crippen LogP contribution in [0.25, 0.3) is 0 Å². The number of anilines is 1. The number of rotatable bonds is 10. The zero-order valence-corrected chi connectivity index (χ0v) is 21.6. The Bertz CT molecular complexity index is 1260. The molecule has 38 heavy (non-hydrogen) atoms. The summed E-state index contributed by atoms with van der Waals surface area (Å²) in [6, 6.07) is 39.1. The number of aliphatic hydroxyl groups is 1. The average Bonchev–Trinajstić information content (AvgIpc) is 2.95. The van der Waals surface area contributed by atoms with Gasteiger partial charge >= 0.3 is 0 Å². The number of benzene rings is 4. The van der Waals surface area contributed by atoms with E-state index in [0.717, 1.165) is 46.5 Å². The lowest BCUT2D eigenvalue weighted by Gasteiger charge is -2.40. The number of carbonyl (C=O) groups excluding carboxylic acids is 1. The Morgan fingerprint density at radius 3 is 1.61 bits per heavy atom. The first-order valence-corrected chi connectivity index (χ1v) is 13.3. The second kappa shape index (κ2) is 11.9. The second-order valence-electron chi connectivity index (χ2n) is 9.81. The molecule has 1 saturated carbocycles. The maximum Gasteiger partial charge on any atom is 0.224 e. The largest absolute Gasteiger partial charge is 0.392 e. The van der Waals surface area contributed by atoms with Gasteiger partial charge in [-0.3, -0.25) is 4.79 Å². The molecule has 0 unspecified atom stereocenters. The molecule has 3 N–H and O–H groups in total. The third-order valence-electron chi connectivity index (χ3n) is 7.37. The third kappa shape index (κ3) is 5.56. The van der Waals surface area contributed by atoms with Gasteiger partial charge in [-0.15, -0.1) is 0 Å². The molecule has 4 nitrogen and oxygen atoms in total. The first-order chi connectivity index (χ1) is 18.7. The molecule has 0 saturated heterocycles. The van der Waals surface area contributed by atoms with Crippen LogP contribution in [0.15, 0.2) is 127 Å². The van der Waals surface area contributed by atoms with Crippen molar-refractivity contribution in [3.8, 4) is 0 Å². The molecule has 0 aromatic heterocycles. The van der Waals surface area contributed by atoms with E-state index in [4.69, 9.17) is 0 Å². The van der Waals surface area contributed by atoms with Crippen LogP contribution < -0.4 is 10.6 Å². The van der Waals surface area contributed by atoms with E-state index >= 15 is 0 Å². The van der Waals surface area contributed by atoms with Crippen molar-refractivity contribution in [2.75, 3.05) is 5.32 Å². The molecular formula is C34H34N2O2. The highest BCUT2D eigenvalue weighted by molar-refractivity contribution is 5.90. The molecule has 1 aliphatic carbocycles. The molecule has 0 bridgehead atoms. The summed E-state index contributed by atoms with van der Waals surface area (Å²) in [6.07, 6.45) is 4.30. The molecule has 4 aromatic carbocycles. The van der Waals surface area contributed by atoms with Crippen molar-refractivity contribution >= 4 is 11.6 Å². The molecule has 0 spiro atoms. The number of amides is 1. The molecule has 0 aliphatic heterocycles. The molecule has 4 aromatic rings. The van der Waals surface area contributed by atoms with Crippen molar-refractivity contribution in [1.82, 2.24) is 5.32 Å². The third-order valence-corrected chi connectivity index (χ3v) is 7.37. The summed E-state index contributed by atoms with van der Waals surface area (Å²) in [5.41, 5.74) is 6.98. The SMILES string of the molecule is O=C(CCC(NC(c1ccccc1)(c1ccccc1)c1ccccc1)=C1CCC1)Nc1ccc(CO)cc1. The van der Waals surface area contributed by atoms with Crippen molar-refractivity contribution < 1.29 is 9.90 Å². The van der Waals surface area contributed by atoms with Gasteiger partial charge in [0.1, 0.15) is 5.54 Å². The van der Waals surface area contributed by atoms with Crippen LogP contribution in [0.1, 0.15) is 54.4 Å². The highest BCUT2D eigenvalue weighted by Gasteiger charge is 2.37. The summed E-state index contributed by atoms with van der Waals surface area (Å²) in [7, 11) is 0. The molecule has 192 valence electrons. The van der Waals surface area contributed by atoms with Crippen LogP contribution in [-0.2, 0) is 16.9 Å². The average molecular weight is 503 g/mol. The zero-order chi connectivity index (χ0) is 26.2. The van der Waals surface area contributed by atoms with Gasteiger partial charge in [-0.2, -0.15) is 0 Å². The van der Waals surface area contributed by atoms with Crippen molar-refractivity contribution in [3.63, 3.8) is 0 Å². The van der Waals surface area contributed by atoms with Crippen LogP contribution in [-0.4, -0.2) is 11.0 Å². The second-order valence-corrected chi connectivity index (χ2v) is 9.81. The van der Waals surface area contributed by atoms with Gasteiger partial charge in [-0.05, 0) is 60.1 Å². The van der Waals surface area contributed by atoms with Crippen LogP contribution in [0.2, 0.25) is 0 Å². The highest BCUT2D eigenvalue weighted by Crippen LogP contribution is 2.40. The van der Waals surface area contributed by atoms with E-state index in [2.05, 4.69) is 83.4 Å².